The Kier molecular flexibility index (Phi) is 5.87. The standard InChI is InChI=1S/C20H28N4O/c1-16(2)24(14-17-6-4-3-5-7-17)20(25)15-23-10-8-18(9-11-23)19-12-21-22-13-19/h3-7,12-13,16,18H,8-11,14-15H2,1-2H3,(H,21,22). The van der Waals surface area contributed by atoms with Crippen LogP contribution in [0.4, 0.5) is 0 Å². The molecule has 0 saturated carbocycles. The number of benzene rings is 1. The lowest BCUT2D eigenvalue weighted by Crippen LogP contribution is -2.45. The van der Waals surface area contributed by atoms with E-state index in [0.717, 1.165) is 25.9 Å². The van der Waals surface area contributed by atoms with Crippen LogP contribution in [0.5, 0.6) is 0 Å². The quantitative estimate of drug-likeness (QED) is 0.879. The zero-order valence-corrected chi connectivity index (χ0v) is 15.2. The van der Waals surface area contributed by atoms with Crippen molar-refractivity contribution in [3.63, 3.8) is 0 Å². The molecular weight excluding hydrogens is 312 g/mol. The number of carbonyl (C=O) groups is 1. The number of hydrogen-bond donors (Lipinski definition) is 1. The van der Waals surface area contributed by atoms with Gasteiger partial charge in [-0.2, -0.15) is 5.10 Å². The summed E-state index contributed by atoms with van der Waals surface area (Å²) in [6, 6.07) is 10.4. The second kappa shape index (κ2) is 8.30. The van der Waals surface area contributed by atoms with Crippen LogP contribution in [0.15, 0.2) is 42.7 Å². The molecule has 1 amide bonds. The Balaban J connectivity index is 1.53. The van der Waals surface area contributed by atoms with Crippen molar-refractivity contribution in [2.75, 3.05) is 19.6 Å². The van der Waals surface area contributed by atoms with Crippen molar-refractivity contribution < 1.29 is 4.79 Å². The summed E-state index contributed by atoms with van der Waals surface area (Å²) in [5.74, 6) is 0.788. The molecule has 1 aromatic heterocycles. The fourth-order valence-electron chi connectivity index (χ4n) is 3.53. The second-order valence-electron chi connectivity index (χ2n) is 7.18. The lowest BCUT2D eigenvalue weighted by Gasteiger charge is -2.34. The molecule has 1 aliphatic heterocycles. The van der Waals surface area contributed by atoms with Crippen molar-refractivity contribution in [2.45, 2.75) is 45.2 Å². The van der Waals surface area contributed by atoms with Crippen LogP contribution in [-0.4, -0.2) is 51.6 Å². The first-order valence-corrected chi connectivity index (χ1v) is 9.18. The molecule has 0 bridgehead atoms. The van der Waals surface area contributed by atoms with Gasteiger partial charge >= 0.3 is 0 Å². The second-order valence-corrected chi connectivity index (χ2v) is 7.18. The molecule has 0 spiro atoms. The van der Waals surface area contributed by atoms with Gasteiger partial charge in [-0.3, -0.25) is 14.8 Å². The predicted molar refractivity (Wildman–Crippen MR) is 99.1 cm³/mol. The van der Waals surface area contributed by atoms with E-state index in [-0.39, 0.29) is 11.9 Å². The molecule has 1 aliphatic rings. The molecule has 5 heteroatoms. The first-order chi connectivity index (χ1) is 12.1. The van der Waals surface area contributed by atoms with Gasteiger partial charge in [0.25, 0.3) is 0 Å². The molecule has 1 N–H and O–H groups in total. The highest BCUT2D eigenvalue weighted by molar-refractivity contribution is 5.78. The lowest BCUT2D eigenvalue weighted by molar-refractivity contribution is -0.135. The zero-order valence-electron chi connectivity index (χ0n) is 15.2. The molecule has 3 rings (SSSR count). The van der Waals surface area contributed by atoms with Crippen LogP contribution in [0.25, 0.3) is 0 Å². The maximum atomic E-state index is 12.8. The van der Waals surface area contributed by atoms with E-state index in [4.69, 9.17) is 0 Å². The number of aromatic amines is 1. The van der Waals surface area contributed by atoms with E-state index in [1.54, 1.807) is 0 Å². The third-order valence-corrected chi connectivity index (χ3v) is 5.08. The molecule has 2 aromatic rings. The Morgan fingerprint density at radius 3 is 2.60 bits per heavy atom. The van der Waals surface area contributed by atoms with Crippen LogP contribution in [0.2, 0.25) is 0 Å². The number of aromatic nitrogens is 2. The maximum Gasteiger partial charge on any atom is 0.237 e. The van der Waals surface area contributed by atoms with E-state index in [2.05, 4.69) is 41.1 Å². The predicted octanol–water partition coefficient (Wildman–Crippen LogP) is 3.03. The van der Waals surface area contributed by atoms with Gasteiger partial charge < -0.3 is 4.90 Å². The van der Waals surface area contributed by atoms with Gasteiger partial charge in [-0.25, -0.2) is 0 Å². The molecule has 1 saturated heterocycles. The van der Waals surface area contributed by atoms with Gasteiger partial charge in [0, 0.05) is 18.8 Å². The molecule has 0 unspecified atom stereocenters. The van der Waals surface area contributed by atoms with E-state index in [0.29, 0.717) is 19.0 Å². The number of piperidine rings is 1. The molecule has 0 aliphatic carbocycles. The van der Waals surface area contributed by atoms with Crippen molar-refractivity contribution in [1.82, 2.24) is 20.0 Å². The fraction of sp³-hybridized carbons (Fsp3) is 0.500. The third kappa shape index (κ3) is 4.69. The molecule has 134 valence electrons. The van der Waals surface area contributed by atoms with Crippen molar-refractivity contribution >= 4 is 5.91 Å². The Morgan fingerprint density at radius 2 is 2.00 bits per heavy atom. The van der Waals surface area contributed by atoms with E-state index < -0.39 is 0 Å². The van der Waals surface area contributed by atoms with Crippen LogP contribution < -0.4 is 0 Å². The molecule has 5 nitrogen and oxygen atoms in total. The number of likely N-dealkylation sites (tertiary alicyclic amines) is 1. The number of hydrogen-bond acceptors (Lipinski definition) is 3. The number of rotatable bonds is 6. The molecule has 0 atom stereocenters. The van der Waals surface area contributed by atoms with Crippen LogP contribution in [0, 0.1) is 0 Å². The van der Waals surface area contributed by atoms with Gasteiger partial charge in [-0.05, 0) is 56.8 Å². The van der Waals surface area contributed by atoms with Crippen LogP contribution >= 0.6 is 0 Å². The van der Waals surface area contributed by atoms with E-state index >= 15 is 0 Å². The molecule has 2 heterocycles. The van der Waals surface area contributed by atoms with Gasteiger partial charge in [0.05, 0.1) is 12.7 Å². The number of carbonyl (C=O) groups excluding carboxylic acids is 1. The minimum Gasteiger partial charge on any atom is -0.335 e. The molecule has 1 fully saturated rings. The van der Waals surface area contributed by atoms with Crippen LogP contribution in [-0.2, 0) is 11.3 Å². The lowest BCUT2D eigenvalue weighted by atomic mass is 9.91. The van der Waals surface area contributed by atoms with Crippen molar-refractivity contribution in [1.29, 1.82) is 0 Å². The highest BCUT2D eigenvalue weighted by atomic mass is 16.2. The van der Waals surface area contributed by atoms with Gasteiger partial charge in [-0.15, -0.1) is 0 Å². The first kappa shape index (κ1) is 17.7. The summed E-state index contributed by atoms with van der Waals surface area (Å²) in [5.41, 5.74) is 2.47. The largest absolute Gasteiger partial charge is 0.335 e. The molecular formula is C20H28N4O. The van der Waals surface area contributed by atoms with E-state index in [1.165, 1.54) is 11.1 Å². The Hall–Kier alpha value is -2.14. The highest BCUT2D eigenvalue weighted by Gasteiger charge is 2.25. The van der Waals surface area contributed by atoms with Crippen molar-refractivity contribution in [3.05, 3.63) is 53.9 Å². The summed E-state index contributed by atoms with van der Waals surface area (Å²) in [6.07, 6.45) is 6.10. The Morgan fingerprint density at radius 1 is 1.28 bits per heavy atom. The van der Waals surface area contributed by atoms with Gasteiger partial charge in [-0.1, -0.05) is 30.3 Å². The van der Waals surface area contributed by atoms with E-state index in [1.807, 2.05) is 35.5 Å². The summed E-state index contributed by atoms with van der Waals surface area (Å²) in [5, 5.41) is 6.94. The van der Waals surface area contributed by atoms with Gasteiger partial charge in [0.1, 0.15) is 0 Å². The Bertz CT molecular complexity index is 646. The fourth-order valence-corrected chi connectivity index (χ4v) is 3.53. The third-order valence-electron chi connectivity index (χ3n) is 5.08. The number of H-pyrrole nitrogens is 1. The zero-order chi connectivity index (χ0) is 17.6. The monoisotopic (exact) mass is 340 g/mol. The summed E-state index contributed by atoms with van der Waals surface area (Å²) in [7, 11) is 0. The van der Waals surface area contributed by atoms with Crippen molar-refractivity contribution in [2.24, 2.45) is 0 Å². The summed E-state index contributed by atoms with van der Waals surface area (Å²) in [4.78, 5) is 17.1. The average Bonchev–Trinajstić information content (AvgIpc) is 3.15. The smallest absolute Gasteiger partial charge is 0.237 e. The SMILES string of the molecule is CC(C)N(Cc1ccccc1)C(=O)CN1CCC(c2cn[nH]c2)CC1. The van der Waals surface area contributed by atoms with Crippen LogP contribution in [0.1, 0.15) is 43.7 Å². The number of amides is 1. The molecule has 25 heavy (non-hydrogen) atoms. The summed E-state index contributed by atoms with van der Waals surface area (Å²) in [6.45, 7) is 7.32. The Labute approximate surface area is 150 Å². The topological polar surface area (TPSA) is 52.2 Å². The number of nitrogens with one attached hydrogen (secondary N) is 1. The minimum absolute atomic E-state index is 0.205. The summed E-state index contributed by atoms with van der Waals surface area (Å²) >= 11 is 0. The minimum atomic E-state index is 0.205. The first-order valence-electron chi connectivity index (χ1n) is 9.18. The van der Waals surface area contributed by atoms with Gasteiger partial charge in [0.2, 0.25) is 5.91 Å². The normalized spacial score (nSPS) is 16.3. The van der Waals surface area contributed by atoms with Crippen molar-refractivity contribution in [3.8, 4) is 0 Å². The molecule has 0 radical (unpaired) electrons. The maximum absolute atomic E-state index is 12.8. The van der Waals surface area contributed by atoms with Crippen LogP contribution in [0.3, 0.4) is 0 Å². The van der Waals surface area contributed by atoms with Gasteiger partial charge in [0.15, 0.2) is 0 Å². The average molecular weight is 340 g/mol. The summed E-state index contributed by atoms with van der Waals surface area (Å²) < 4.78 is 0. The molecule has 1 aromatic carbocycles. The number of nitrogens with zero attached hydrogens (tertiary/aromatic N) is 3. The highest BCUT2D eigenvalue weighted by Crippen LogP contribution is 2.27. The van der Waals surface area contributed by atoms with E-state index in [9.17, 15) is 4.79 Å².